The van der Waals surface area contributed by atoms with Crippen molar-refractivity contribution < 1.29 is 8.42 Å². The van der Waals surface area contributed by atoms with Gasteiger partial charge in [-0.3, -0.25) is 4.99 Å². The molecule has 0 aromatic carbocycles. The molecule has 0 heterocycles. The average Bonchev–Trinajstić information content (AvgIpc) is 2.57. The Hall–Kier alpha value is -0.860. The van der Waals surface area contributed by atoms with E-state index in [-0.39, 0.29) is 12.3 Å². The van der Waals surface area contributed by atoms with Crippen molar-refractivity contribution in [2.75, 3.05) is 45.0 Å². The average molecular weight is 404 g/mol. The Labute approximate surface area is 166 Å². The number of guanidine groups is 1. The maximum Gasteiger partial charge on any atom is 0.213 e. The van der Waals surface area contributed by atoms with Crippen molar-refractivity contribution in [1.82, 2.24) is 20.3 Å². The van der Waals surface area contributed by atoms with E-state index in [1.807, 2.05) is 6.92 Å². The van der Waals surface area contributed by atoms with Gasteiger partial charge in [-0.2, -0.15) is 0 Å². The van der Waals surface area contributed by atoms with E-state index in [1.54, 1.807) is 0 Å². The second kappa shape index (κ2) is 13.3. The van der Waals surface area contributed by atoms with Crippen LogP contribution in [0.15, 0.2) is 4.99 Å². The molecule has 1 saturated carbocycles. The van der Waals surface area contributed by atoms with Gasteiger partial charge in [0.25, 0.3) is 0 Å². The van der Waals surface area contributed by atoms with Gasteiger partial charge in [0.1, 0.15) is 0 Å². The van der Waals surface area contributed by atoms with E-state index < -0.39 is 10.0 Å². The predicted octanol–water partition coefficient (Wildman–Crippen LogP) is 1.77. The summed E-state index contributed by atoms with van der Waals surface area (Å²) in [5.74, 6) is 1.26. The summed E-state index contributed by atoms with van der Waals surface area (Å²) in [6.45, 7) is 13.4. The first-order valence-electron chi connectivity index (χ1n) is 10.6. The first-order chi connectivity index (χ1) is 12.9. The normalized spacial score (nSPS) is 17.0. The van der Waals surface area contributed by atoms with E-state index in [2.05, 4.69) is 46.0 Å². The molecule has 0 spiro atoms. The van der Waals surface area contributed by atoms with Crippen molar-refractivity contribution in [3.63, 3.8) is 0 Å². The highest BCUT2D eigenvalue weighted by Gasteiger charge is 2.20. The highest BCUT2D eigenvalue weighted by atomic mass is 32.2. The van der Waals surface area contributed by atoms with Gasteiger partial charge in [0.15, 0.2) is 5.96 Å². The zero-order valence-corrected chi connectivity index (χ0v) is 18.6. The molecule has 7 nitrogen and oxygen atoms in total. The zero-order valence-electron chi connectivity index (χ0n) is 17.8. The van der Waals surface area contributed by atoms with Crippen LogP contribution in [-0.2, 0) is 10.0 Å². The standard InChI is InChI=1S/C19H41N5O2S/c1-5-20-19(23-17(4)10-9-14-24(6-2)7-3)21-13-15-27(25,26)22-16-18-11-8-12-18/h17-18,22H,5-16H2,1-4H3,(H2,20,21,23). The molecule has 0 amide bonds. The summed E-state index contributed by atoms with van der Waals surface area (Å²) in [6, 6.07) is 0.298. The number of rotatable bonds is 14. The molecule has 1 rings (SSSR count). The maximum atomic E-state index is 12.1. The van der Waals surface area contributed by atoms with Crippen molar-refractivity contribution in [1.29, 1.82) is 0 Å². The smallest absolute Gasteiger partial charge is 0.213 e. The number of hydrogen-bond donors (Lipinski definition) is 3. The van der Waals surface area contributed by atoms with Crippen molar-refractivity contribution in [2.24, 2.45) is 10.9 Å². The third kappa shape index (κ3) is 10.9. The Morgan fingerprint density at radius 1 is 1.22 bits per heavy atom. The molecule has 1 atom stereocenters. The molecular weight excluding hydrogens is 362 g/mol. The van der Waals surface area contributed by atoms with Gasteiger partial charge < -0.3 is 15.5 Å². The van der Waals surface area contributed by atoms with Gasteiger partial charge in [0.2, 0.25) is 10.0 Å². The monoisotopic (exact) mass is 403 g/mol. The van der Waals surface area contributed by atoms with E-state index >= 15 is 0 Å². The molecule has 0 radical (unpaired) electrons. The highest BCUT2D eigenvalue weighted by molar-refractivity contribution is 7.89. The Kier molecular flexibility index (Phi) is 11.9. The van der Waals surface area contributed by atoms with Crippen LogP contribution >= 0.6 is 0 Å². The molecule has 0 aliphatic heterocycles. The van der Waals surface area contributed by atoms with E-state index in [0.717, 1.165) is 51.9 Å². The topological polar surface area (TPSA) is 85.8 Å². The van der Waals surface area contributed by atoms with Crippen LogP contribution in [0.5, 0.6) is 0 Å². The molecule has 1 aliphatic carbocycles. The first kappa shape index (κ1) is 24.2. The van der Waals surface area contributed by atoms with Crippen LogP contribution < -0.4 is 15.4 Å². The van der Waals surface area contributed by atoms with Crippen molar-refractivity contribution in [2.45, 2.75) is 65.8 Å². The van der Waals surface area contributed by atoms with Crippen LogP contribution in [0.1, 0.15) is 59.8 Å². The molecular formula is C19H41N5O2S. The van der Waals surface area contributed by atoms with Crippen LogP contribution in [0.4, 0.5) is 0 Å². The number of hydrogen-bond acceptors (Lipinski definition) is 4. The molecule has 0 aromatic heterocycles. The lowest BCUT2D eigenvalue weighted by Crippen LogP contribution is -2.43. The van der Waals surface area contributed by atoms with Gasteiger partial charge in [-0.25, -0.2) is 13.1 Å². The van der Waals surface area contributed by atoms with Gasteiger partial charge in [-0.15, -0.1) is 0 Å². The predicted molar refractivity (Wildman–Crippen MR) is 115 cm³/mol. The molecule has 160 valence electrons. The molecule has 1 aliphatic rings. The fraction of sp³-hybridized carbons (Fsp3) is 0.947. The summed E-state index contributed by atoms with van der Waals surface area (Å²) in [5, 5.41) is 6.59. The Morgan fingerprint density at radius 3 is 2.48 bits per heavy atom. The third-order valence-electron chi connectivity index (χ3n) is 5.18. The van der Waals surface area contributed by atoms with Crippen LogP contribution in [-0.4, -0.2) is 70.3 Å². The van der Waals surface area contributed by atoms with Gasteiger partial charge >= 0.3 is 0 Å². The minimum atomic E-state index is -3.24. The summed E-state index contributed by atoms with van der Waals surface area (Å²) in [7, 11) is -3.24. The third-order valence-corrected chi connectivity index (χ3v) is 6.51. The quantitative estimate of drug-likeness (QED) is 0.304. The largest absolute Gasteiger partial charge is 0.357 e. The lowest BCUT2D eigenvalue weighted by Gasteiger charge is -2.25. The van der Waals surface area contributed by atoms with E-state index in [4.69, 9.17) is 0 Å². The van der Waals surface area contributed by atoms with Crippen LogP contribution in [0.2, 0.25) is 0 Å². The van der Waals surface area contributed by atoms with Crippen LogP contribution in [0, 0.1) is 5.92 Å². The second-order valence-electron chi connectivity index (χ2n) is 7.44. The molecule has 27 heavy (non-hydrogen) atoms. The summed E-state index contributed by atoms with van der Waals surface area (Å²) in [4.78, 5) is 6.86. The van der Waals surface area contributed by atoms with Gasteiger partial charge in [-0.05, 0) is 65.1 Å². The number of nitrogens with zero attached hydrogens (tertiary/aromatic N) is 2. The molecule has 1 fully saturated rings. The van der Waals surface area contributed by atoms with Gasteiger partial charge in [0.05, 0.1) is 12.3 Å². The van der Waals surface area contributed by atoms with E-state index in [1.165, 1.54) is 6.42 Å². The summed E-state index contributed by atoms with van der Waals surface area (Å²) < 4.78 is 26.9. The van der Waals surface area contributed by atoms with Crippen molar-refractivity contribution >= 4 is 16.0 Å². The summed E-state index contributed by atoms with van der Waals surface area (Å²) >= 11 is 0. The van der Waals surface area contributed by atoms with Crippen LogP contribution in [0.25, 0.3) is 0 Å². The fourth-order valence-corrected chi connectivity index (χ4v) is 4.04. The van der Waals surface area contributed by atoms with E-state index in [9.17, 15) is 8.42 Å². The van der Waals surface area contributed by atoms with Crippen molar-refractivity contribution in [3.8, 4) is 0 Å². The SMILES string of the molecule is CCNC(=NCCS(=O)(=O)NCC1CCC1)NC(C)CCCN(CC)CC. The Balaban J connectivity index is 2.34. The van der Waals surface area contributed by atoms with Crippen LogP contribution in [0.3, 0.4) is 0 Å². The number of sulfonamides is 1. The first-order valence-corrected chi connectivity index (χ1v) is 12.3. The van der Waals surface area contributed by atoms with E-state index in [0.29, 0.717) is 24.5 Å². The molecule has 0 saturated heterocycles. The number of nitrogens with one attached hydrogen (secondary N) is 3. The molecule has 0 bridgehead atoms. The summed E-state index contributed by atoms with van der Waals surface area (Å²) in [6.07, 6.45) is 5.70. The fourth-order valence-electron chi connectivity index (χ4n) is 3.08. The minimum Gasteiger partial charge on any atom is -0.357 e. The van der Waals surface area contributed by atoms with Gasteiger partial charge in [-0.1, -0.05) is 20.3 Å². The second-order valence-corrected chi connectivity index (χ2v) is 9.37. The lowest BCUT2D eigenvalue weighted by atomic mass is 9.86. The molecule has 8 heteroatoms. The Bertz CT molecular complexity index is 516. The molecule has 1 unspecified atom stereocenters. The highest BCUT2D eigenvalue weighted by Crippen LogP contribution is 2.25. The summed E-state index contributed by atoms with van der Waals surface area (Å²) in [5.41, 5.74) is 0. The van der Waals surface area contributed by atoms with Gasteiger partial charge in [0, 0.05) is 19.1 Å². The molecule has 3 N–H and O–H groups in total. The minimum absolute atomic E-state index is 0.0344. The zero-order chi connectivity index (χ0) is 20.1. The Morgan fingerprint density at radius 2 is 1.93 bits per heavy atom. The maximum absolute atomic E-state index is 12.1. The lowest BCUT2D eigenvalue weighted by molar-refractivity contribution is 0.292. The molecule has 0 aromatic rings. The number of aliphatic imine (C=N–C) groups is 1. The van der Waals surface area contributed by atoms with Crippen molar-refractivity contribution in [3.05, 3.63) is 0 Å².